The number of nitrogens with zero attached hydrogens (tertiary/aromatic N) is 2. The van der Waals surface area contributed by atoms with Crippen LogP contribution in [0, 0.1) is 0 Å². The second-order valence-electron chi connectivity index (χ2n) is 6.63. The quantitative estimate of drug-likeness (QED) is 0.325. The lowest BCUT2D eigenvalue weighted by Crippen LogP contribution is -1.92. The van der Waals surface area contributed by atoms with Crippen molar-refractivity contribution in [2.24, 2.45) is 4.99 Å². The number of hydrogen-bond donors (Lipinski definition) is 0. The molecular weight excluding hydrogens is 408 g/mol. The van der Waals surface area contributed by atoms with Gasteiger partial charge in [-0.05, 0) is 48.0 Å². The molecular formula is C25H22N2O3S. The van der Waals surface area contributed by atoms with Crippen LogP contribution >= 0.6 is 11.3 Å². The summed E-state index contributed by atoms with van der Waals surface area (Å²) in [6.45, 7) is 0. The second kappa shape index (κ2) is 9.45. The molecule has 0 unspecified atom stereocenters. The normalized spacial score (nSPS) is 10.9. The maximum absolute atomic E-state index is 5.45. The van der Waals surface area contributed by atoms with Crippen LogP contribution in [-0.4, -0.2) is 32.5 Å². The first-order valence-corrected chi connectivity index (χ1v) is 10.5. The highest BCUT2D eigenvalue weighted by molar-refractivity contribution is 7.19. The lowest BCUT2D eigenvalue weighted by Gasteiger charge is -2.06. The Morgan fingerprint density at radius 3 is 2.16 bits per heavy atom. The number of aliphatic imine (C=N–C) groups is 1. The molecule has 0 N–H and O–H groups in total. The third-order valence-electron chi connectivity index (χ3n) is 4.77. The maximum Gasteiger partial charge on any atom is 0.210 e. The van der Waals surface area contributed by atoms with E-state index in [1.165, 1.54) is 0 Å². The first-order chi connectivity index (χ1) is 15.2. The Balaban J connectivity index is 1.76. The summed E-state index contributed by atoms with van der Waals surface area (Å²) in [4.78, 5) is 10.5. The van der Waals surface area contributed by atoms with Crippen molar-refractivity contribution in [1.82, 2.24) is 4.98 Å². The minimum atomic E-state index is 0.662. The SMILES string of the molecule is COc1ccc(-c2nc(N=Cc3cc(OC)ccc3OC)sc2-c2ccccc2)cc1. The third kappa shape index (κ3) is 4.59. The average Bonchev–Trinajstić information content (AvgIpc) is 3.27. The average molecular weight is 431 g/mol. The van der Waals surface area contributed by atoms with Crippen molar-refractivity contribution in [2.75, 3.05) is 21.3 Å². The zero-order valence-electron chi connectivity index (χ0n) is 17.5. The minimum absolute atomic E-state index is 0.662. The molecule has 31 heavy (non-hydrogen) atoms. The Morgan fingerprint density at radius 1 is 0.774 bits per heavy atom. The van der Waals surface area contributed by atoms with Gasteiger partial charge in [-0.15, -0.1) is 0 Å². The number of benzene rings is 3. The van der Waals surface area contributed by atoms with Crippen LogP contribution in [0.15, 0.2) is 77.8 Å². The van der Waals surface area contributed by atoms with Gasteiger partial charge in [0.1, 0.15) is 17.2 Å². The van der Waals surface area contributed by atoms with Crippen LogP contribution in [0.1, 0.15) is 5.56 Å². The van der Waals surface area contributed by atoms with E-state index in [2.05, 4.69) is 17.1 Å². The van der Waals surface area contributed by atoms with Gasteiger partial charge in [-0.1, -0.05) is 41.7 Å². The van der Waals surface area contributed by atoms with Crippen molar-refractivity contribution in [3.05, 3.63) is 78.4 Å². The molecule has 0 radical (unpaired) electrons. The Labute approximate surface area is 185 Å². The summed E-state index contributed by atoms with van der Waals surface area (Å²) >= 11 is 1.55. The molecule has 0 aliphatic heterocycles. The molecule has 0 aliphatic carbocycles. The standard InChI is InChI=1S/C25H22N2O3S/c1-28-20-11-9-17(10-12-20)23-24(18-7-5-4-6-8-18)31-25(27-23)26-16-19-15-21(29-2)13-14-22(19)30-3/h4-16H,1-3H3. The monoisotopic (exact) mass is 430 g/mol. The van der Waals surface area contributed by atoms with E-state index in [1.54, 1.807) is 38.9 Å². The molecule has 156 valence electrons. The first-order valence-electron chi connectivity index (χ1n) is 9.68. The Bertz CT molecular complexity index is 1190. The lowest BCUT2D eigenvalue weighted by atomic mass is 10.1. The van der Waals surface area contributed by atoms with Crippen LogP contribution in [0.5, 0.6) is 17.2 Å². The molecule has 4 rings (SSSR count). The summed E-state index contributed by atoms with van der Waals surface area (Å²) in [6.07, 6.45) is 1.76. The van der Waals surface area contributed by atoms with Crippen molar-refractivity contribution in [1.29, 1.82) is 0 Å². The van der Waals surface area contributed by atoms with Crippen LogP contribution < -0.4 is 14.2 Å². The molecule has 1 heterocycles. The van der Waals surface area contributed by atoms with Gasteiger partial charge in [-0.2, -0.15) is 0 Å². The summed E-state index contributed by atoms with van der Waals surface area (Å²) in [6, 6.07) is 23.7. The molecule has 0 atom stereocenters. The van der Waals surface area contributed by atoms with E-state index < -0.39 is 0 Å². The van der Waals surface area contributed by atoms with Gasteiger partial charge in [-0.25, -0.2) is 9.98 Å². The molecule has 3 aromatic carbocycles. The highest BCUT2D eigenvalue weighted by atomic mass is 32.1. The lowest BCUT2D eigenvalue weighted by molar-refractivity contribution is 0.402. The molecule has 0 saturated heterocycles. The van der Waals surface area contributed by atoms with E-state index in [0.717, 1.165) is 44.5 Å². The Kier molecular flexibility index (Phi) is 6.29. The van der Waals surface area contributed by atoms with Gasteiger partial charge in [0.15, 0.2) is 0 Å². The molecule has 5 nitrogen and oxygen atoms in total. The van der Waals surface area contributed by atoms with Crippen molar-refractivity contribution >= 4 is 22.7 Å². The smallest absolute Gasteiger partial charge is 0.210 e. The largest absolute Gasteiger partial charge is 0.497 e. The number of hydrogen-bond acceptors (Lipinski definition) is 6. The highest BCUT2D eigenvalue weighted by Gasteiger charge is 2.15. The predicted octanol–water partition coefficient (Wildman–Crippen LogP) is 6.25. The summed E-state index contributed by atoms with van der Waals surface area (Å²) in [5, 5.41) is 0.662. The van der Waals surface area contributed by atoms with E-state index in [-0.39, 0.29) is 0 Å². The van der Waals surface area contributed by atoms with Gasteiger partial charge in [0.25, 0.3) is 0 Å². The van der Waals surface area contributed by atoms with Crippen molar-refractivity contribution in [3.63, 3.8) is 0 Å². The van der Waals surface area contributed by atoms with Crippen LogP contribution in [0.3, 0.4) is 0 Å². The van der Waals surface area contributed by atoms with Gasteiger partial charge in [0, 0.05) is 17.3 Å². The van der Waals surface area contributed by atoms with Gasteiger partial charge < -0.3 is 14.2 Å². The first kappa shape index (κ1) is 20.6. The van der Waals surface area contributed by atoms with Gasteiger partial charge in [-0.3, -0.25) is 0 Å². The van der Waals surface area contributed by atoms with E-state index in [1.807, 2.05) is 60.7 Å². The van der Waals surface area contributed by atoms with E-state index in [9.17, 15) is 0 Å². The fraction of sp³-hybridized carbons (Fsp3) is 0.120. The van der Waals surface area contributed by atoms with E-state index in [4.69, 9.17) is 19.2 Å². The number of thiazole rings is 1. The Morgan fingerprint density at radius 2 is 1.48 bits per heavy atom. The van der Waals surface area contributed by atoms with Crippen LogP contribution in [0.2, 0.25) is 0 Å². The molecule has 0 bridgehead atoms. The number of aromatic nitrogens is 1. The van der Waals surface area contributed by atoms with Crippen LogP contribution in [-0.2, 0) is 0 Å². The zero-order chi connectivity index (χ0) is 21.6. The summed E-state index contributed by atoms with van der Waals surface area (Å²) in [7, 11) is 4.93. The molecule has 1 aromatic heterocycles. The molecule has 0 spiro atoms. The van der Waals surface area contributed by atoms with Crippen LogP contribution in [0.4, 0.5) is 5.13 Å². The van der Waals surface area contributed by atoms with Gasteiger partial charge in [0.05, 0.1) is 31.9 Å². The fourth-order valence-corrected chi connectivity index (χ4v) is 4.10. The molecule has 0 amide bonds. The highest BCUT2D eigenvalue weighted by Crippen LogP contribution is 2.40. The maximum atomic E-state index is 5.45. The number of rotatable bonds is 7. The van der Waals surface area contributed by atoms with Gasteiger partial charge >= 0.3 is 0 Å². The third-order valence-corrected chi connectivity index (χ3v) is 5.78. The minimum Gasteiger partial charge on any atom is -0.497 e. The molecule has 0 saturated carbocycles. The summed E-state index contributed by atoms with van der Waals surface area (Å²) in [5.74, 6) is 2.27. The zero-order valence-corrected chi connectivity index (χ0v) is 18.3. The Hall–Kier alpha value is -3.64. The molecule has 6 heteroatoms. The second-order valence-corrected chi connectivity index (χ2v) is 7.61. The van der Waals surface area contributed by atoms with Crippen LogP contribution in [0.25, 0.3) is 21.7 Å². The number of ether oxygens (including phenoxy) is 3. The van der Waals surface area contributed by atoms with E-state index in [0.29, 0.717) is 5.13 Å². The van der Waals surface area contributed by atoms with Crippen molar-refractivity contribution < 1.29 is 14.2 Å². The van der Waals surface area contributed by atoms with Crippen molar-refractivity contribution in [2.45, 2.75) is 0 Å². The molecule has 0 aliphatic rings. The van der Waals surface area contributed by atoms with E-state index >= 15 is 0 Å². The molecule has 0 fully saturated rings. The predicted molar refractivity (Wildman–Crippen MR) is 126 cm³/mol. The number of methoxy groups -OCH3 is 3. The van der Waals surface area contributed by atoms with Crippen molar-refractivity contribution in [3.8, 4) is 38.9 Å². The topological polar surface area (TPSA) is 52.9 Å². The summed E-state index contributed by atoms with van der Waals surface area (Å²) < 4.78 is 16.1. The van der Waals surface area contributed by atoms with Gasteiger partial charge in [0.2, 0.25) is 5.13 Å². The fourth-order valence-electron chi connectivity index (χ4n) is 3.16. The summed E-state index contributed by atoms with van der Waals surface area (Å²) in [5.41, 5.74) is 3.83. The molecule has 4 aromatic rings.